The minimum atomic E-state index is -0.898. The number of benzene rings is 3. The van der Waals surface area contributed by atoms with Gasteiger partial charge in [-0.1, -0.05) is 12.1 Å². The van der Waals surface area contributed by atoms with E-state index in [1.54, 1.807) is 0 Å². The summed E-state index contributed by atoms with van der Waals surface area (Å²) in [4.78, 5) is 0. The van der Waals surface area contributed by atoms with Crippen LogP contribution in [-0.4, -0.2) is 59.1 Å². The molecule has 3 aromatic rings. The Hall–Kier alpha value is -2.38. The molecule has 0 fully saturated rings. The Morgan fingerprint density at radius 3 is 1.42 bits per heavy atom. The van der Waals surface area contributed by atoms with Crippen molar-refractivity contribution >= 4 is 21.5 Å². The van der Waals surface area contributed by atoms with Crippen molar-refractivity contribution in [1.29, 1.82) is 0 Å². The van der Waals surface area contributed by atoms with Crippen molar-refractivity contribution in [3.8, 4) is 11.5 Å². The lowest BCUT2D eigenvalue weighted by Crippen LogP contribution is -2.21. The molecule has 6 nitrogen and oxygen atoms in total. The molecule has 2 atom stereocenters. The van der Waals surface area contributed by atoms with E-state index in [4.69, 9.17) is 19.7 Å². The van der Waals surface area contributed by atoms with Crippen molar-refractivity contribution < 1.29 is 29.9 Å². The van der Waals surface area contributed by atoms with E-state index in [1.165, 1.54) is 0 Å². The van der Waals surface area contributed by atoms with Crippen LogP contribution in [0.25, 0.3) is 21.5 Å². The van der Waals surface area contributed by atoms with Crippen LogP contribution in [-0.2, 0) is 0 Å². The van der Waals surface area contributed by atoms with Crippen molar-refractivity contribution in [1.82, 2.24) is 0 Å². The normalized spacial score (nSPS) is 13.7. The number of aliphatic hydroxyl groups excluding tert-OH is 4. The Kier molecular flexibility index (Phi) is 5.90. The molecule has 2 unspecified atom stereocenters. The van der Waals surface area contributed by atoms with Crippen LogP contribution in [0.2, 0.25) is 0 Å². The molecule has 0 bridgehead atoms. The van der Waals surface area contributed by atoms with Crippen LogP contribution in [0.3, 0.4) is 0 Å². The monoisotopic (exact) mass is 358 g/mol. The largest absolute Gasteiger partial charge is 0.491 e. The lowest BCUT2D eigenvalue weighted by Gasteiger charge is -2.12. The topological polar surface area (TPSA) is 99.4 Å². The highest BCUT2D eigenvalue weighted by Gasteiger charge is 2.07. The Morgan fingerprint density at radius 2 is 1.04 bits per heavy atom. The van der Waals surface area contributed by atoms with Gasteiger partial charge in [-0.3, -0.25) is 0 Å². The first kappa shape index (κ1) is 18.4. The van der Waals surface area contributed by atoms with Gasteiger partial charge in [0.2, 0.25) is 0 Å². The molecule has 0 radical (unpaired) electrons. The minimum absolute atomic E-state index is 0.0377. The number of fused-ring (bicyclic) bond motifs is 2. The lowest BCUT2D eigenvalue weighted by atomic mass is 10.0. The van der Waals surface area contributed by atoms with E-state index in [9.17, 15) is 10.2 Å². The lowest BCUT2D eigenvalue weighted by molar-refractivity contribution is 0.0536. The van der Waals surface area contributed by atoms with Gasteiger partial charge in [0.05, 0.1) is 13.2 Å². The fourth-order valence-electron chi connectivity index (χ4n) is 2.62. The van der Waals surface area contributed by atoms with Crippen LogP contribution in [0.15, 0.2) is 48.5 Å². The number of aliphatic hydroxyl groups is 4. The second-order valence-corrected chi connectivity index (χ2v) is 6.16. The van der Waals surface area contributed by atoms with E-state index < -0.39 is 12.2 Å². The van der Waals surface area contributed by atoms with E-state index in [2.05, 4.69) is 0 Å². The molecule has 0 amide bonds. The van der Waals surface area contributed by atoms with E-state index in [0.717, 1.165) is 21.5 Å². The number of hydrogen-bond acceptors (Lipinski definition) is 6. The highest BCUT2D eigenvalue weighted by Crippen LogP contribution is 2.28. The summed E-state index contributed by atoms with van der Waals surface area (Å²) in [5, 5.41) is 40.5. The zero-order valence-electron chi connectivity index (χ0n) is 14.2. The summed E-state index contributed by atoms with van der Waals surface area (Å²) in [5.74, 6) is 1.25. The molecule has 6 heteroatoms. The fraction of sp³-hybridized carbons (Fsp3) is 0.300. The molecule has 26 heavy (non-hydrogen) atoms. The molecule has 0 aliphatic heterocycles. The summed E-state index contributed by atoms with van der Waals surface area (Å²) in [6.45, 7) is -0.595. The minimum Gasteiger partial charge on any atom is -0.491 e. The van der Waals surface area contributed by atoms with Crippen molar-refractivity contribution in [2.24, 2.45) is 0 Å². The van der Waals surface area contributed by atoms with Gasteiger partial charge in [-0.15, -0.1) is 0 Å². The SMILES string of the molecule is OCC(O)COc1ccc2cc3cc(OCC(O)CO)ccc3cc2c1. The summed E-state index contributed by atoms with van der Waals surface area (Å²) >= 11 is 0. The smallest absolute Gasteiger partial charge is 0.120 e. The first-order valence-corrected chi connectivity index (χ1v) is 8.40. The third-order valence-corrected chi connectivity index (χ3v) is 4.04. The van der Waals surface area contributed by atoms with Crippen molar-refractivity contribution in [3.05, 3.63) is 48.5 Å². The first-order chi connectivity index (χ1) is 12.6. The van der Waals surface area contributed by atoms with E-state index in [1.807, 2.05) is 48.5 Å². The third kappa shape index (κ3) is 4.42. The molecule has 4 N–H and O–H groups in total. The number of hydrogen-bond donors (Lipinski definition) is 4. The number of rotatable bonds is 8. The molecule has 0 aliphatic rings. The Balaban J connectivity index is 1.83. The summed E-state index contributed by atoms with van der Waals surface area (Å²) in [6, 6.07) is 15.3. The molecule has 0 heterocycles. The van der Waals surface area contributed by atoms with Gasteiger partial charge < -0.3 is 29.9 Å². The van der Waals surface area contributed by atoms with Crippen molar-refractivity contribution in [2.45, 2.75) is 12.2 Å². The average Bonchev–Trinajstić information content (AvgIpc) is 2.68. The molecular formula is C20H22O6. The van der Waals surface area contributed by atoms with E-state index >= 15 is 0 Å². The first-order valence-electron chi connectivity index (χ1n) is 8.40. The molecule has 0 saturated heterocycles. The molecule has 0 spiro atoms. The van der Waals surface area contributed by atoms with Crippen molar-refractivity contribution in [3.63, 3.8) is 0 Å². The summed E-state index contributed by atoms with van der Waals surface area (Å²) in [5.41, 5.74) is 0. The maximum Gasteiger partial charge on any atom is 0.120 e. The van der Waals surface area contributed by atoms with E-state index in [0.29, 0.717) is 11.5 Å². The highest BCUT2D eigenvalue weighted by atomic mass is 16.5. The van der Waals surface area contributed by atoms with E-state index in [-0.39, 0.29) is 26.4 Å². The van der Waals surface area contributed by atoms with Gasteiger partial charge in [0.1, 0.15) is 36.9 Å². The maximum atomic E-state index is 9.38. The van der Waals surface area contributed by atoms with Gasteiger partial charge >= 0.3 is 0 Å². The summed E-state index contributed by atoms with van der Waals surface area (Å²) < 4.78 is 11.0. The predicted octanol–water partition coefficient (Wildman–Crippen LogP) is 1.46. The third-order valence-electron chi connectivity index (χ3n) is 4.04. The van der Waals surface area contributed by atoms with Crippen LogP contribution >= 0.6 is 0 Å². The van der Waals surface area contributed by atoms with Crippen LogP contribution in [0, 0.1) is 0 Å². The van der Waals surface area contributed by atoms with Crippen molar-refractivity contribution in [2.75, 3.05) is 26.4 Å². The highest BCUT2D eigenvalue weighted by molar-refractivity contribution is 5.99. The van der Waals surface area contributed by atoms with Crippen LogP contribution in [0.4, 0.5) is 0 Å². The Labute approximate surface area is 150 Å². The van der Waals surface area contributed by atoms with Gasteiger partial charge in [-0.05, 0) is 57.9 Å². The summed E-state index contributed by atoms with van der Waals surface area (Å²) in [7, 11) is 0. The van der Waals surface area contributed by atoms with Crippen LogP contribution < -0.4 is 9.47 Å². The van der Waals surface area contributed by atoms with Gasteiger partial charge in [0.15, 0.2) is 0 Å². The molecule has 0 saturated carbocycles. The zero-order valence-corrected chi connectivity index (χ0v) is 14.2. The second kappa shape index (κ2) is 8.33. The second-order valence-electron chi connectivity index (χ2n) is 6.16. The molecular weight excluding hydrogens is 336 g/mol. The molecule has 0 aromatic heterocycles. The van der Waals surface area contributed by atoms with Gasteiger partial charge in [-0.25, -0.2) is 0 Å². The predicted molar refractivity (Wildman–Crippen MR) is 98.6 cm³/mol. The average molecular weight is 358 g/mol. The molecule has 3 aromatic carbocycles. The Bertz CT molecular complexity index is 805. The summed E-state index contributed by atoms with van der Waals surface area (Å²) in [6.07, 6.45) is -1.80. The van der Waals surface area contributed by atoms with Crippen LogP contribution in [0.1, 0.15) is 0 Å². The standard InChI is InChI=1S/C20H22O6/c21-9-17(23)11-25-19-3-1-13-5-16-8-20(26-12-18(24)10-22)4-2-14(16)6-15(13)7-19/h1-8,17-18,21-24H,9-12H2. The van der Waals surface area contributed by atoms with Gasteiger partial charge in [-0.2, -0.15) is 0 Å². The molecule has 3 rings (SSSR count). The van der Waals surface area contributed by atoms with Gasteiger partial charge in [0, 0.05) is 0 Å². The maximum absolute atomic E-state index is 9.38. The Morgan fingerprint density at radius 1 is 0.615 bits per heavy atom. The molecule has 0 aliphatic carbocycles. The molecule has 138 valence electrons. The fourth-order valence-corrected chi connectivity index (χ4v) is 2.62. The zero-order chi connectivity index (χ0) is 18.5. The number of ether oxygens (including phenoxy) is 2. The quantitative estimate of drug-likeness (QED) is 0.455. The van der Waals surface area contributed by atoms with Gasteiger partial charge in [0.25, 0.3) is 0 Å². The van der Waals surface area contributed by atoms with Crippen LogP contribution in [0.5, 0.6) is 11.5 Å².